The number of nitrogens with zero attached hydrogens (tertiary/aromatic N) is 3. The fourth-order valence-corrected chi connectivity index (χ4v) is 4.69. The highest BCUT2D eigenvalue weighted by atomic mass is 32.2. The molecule has 7 heteroatoms. The first kappa shape index (κ1) is 15.3. The molecule has 2 heterocycles. The second-order valence-electron chi connectivity index (χ2n) is 6.39. The Morgan fingerprint density at radius 2 is 2.09 bits per heavy atom. The van der Waals surface area contributed by atoms with Crippen molar-refractivity contribution < 1.29 is 4.21 Å². The number of hydrogen-bond donors (Lipinski definition) is 2. The molecule has 120 valence electrons. The summed E-state index contributed by atoms with van der Waals surface area (Å²) in [5, 5.41) is 1.05. The van der Waals surface area contributed by atoms with Gasteiger partial charge in [-0.05, 0) is 37.7 Å². The van der Waals surface area contributed by atoms with Crippen LogP contribution in [0.25, 0.3) is 11.0 Å². The number of H-pyrrole nitrogens is 1. The molecular formula is C15H23N5OS. The van der Waals surface area contributed by atoms with Crippen LogP contribution >= 0.6 is 0 Å². The third-order valence-electron chi connectivity index (χ3n) is 4.58. The van der Waals surface area contributed by atoms with Gasteiger partial charge >= 0.3 is 0 Å². The topological polar surface area (TPSA) is 85.7 Å². The van der Waals surface area contributed by atoms with Gasteiger partial charge in [-0.2, -0.15) is 0 Å². The Hall–Kier alpha value is -1.63. The number of aromatic amines is 1. The normalized spacial score (nSPS) is 25.0. The summed E-state index contributed by atoms with van der Waals surface area (Å²) in [5.74, 6) is 1.94. The lowest BCUT2D eigenvalue weighted by Gasteiger charge is -2.35. The minimum atomic E-state index is -2.37. The van der Waals surface area contributed by atoms with Gasteiger partial charge in [0.2, 0.25) is 0 Å². The van der Waals surface area contributed by atoms with E-state index in [1.807, 2.05) is 12.3 Å². The minimum absolute atomic E-state index is 0.428. The van der Waals surface area contributed by atoms with Crippen molar-refractivity contribution in [2.24, 2.45) is 5.92 Å². The lowest BCUT2D eigenvalue weighted by molar-refractivity contribution is 0.342. The third-order valence-corrected chi connectivity index (χ3v) is 5.69. The molecule has 0 aromatic carbocycles. The molecule has 2 aromatic rings. The summed E-state index contributed by atoms with van der Waals surface area (Å²) in [4.78, 5) is 14.1. The zero-order valence-electron chi connectivity index (χ0n) is 13.1. The Kier molecular flexibility index (Phi) is 4.08. The number of fused-ring (bicyclic) bond motifs is 1. The summed E-state index contributed by atoms with van der Waals surface area (Å²) < 4.78 is 19.3. The van der Waals surface area contributed by atoms with Gasteiger partial charge in [0.1, 0.15) is 17.8 Å². The van der Waals surface area contributed by atoms with Gasteiger partial charge in [0.15, 0.2) is 0 Å². The van der Waals surface area contributed by atoms with Gasteiger partial charge in [-0.15, -0.1) is 0 Å². The first-order chi connectivity index (χ1) is 10.4. The molecule has 0 amide bonds. The van der Waals surface area contributed by atoms with Crippen molar-refractivity contribution in [3.05, 3.63) is 18.6 Å². The number of aromatic nitrogens is 3. The number of rotatable bonds is 4. The van der Waals surface area contributed by atoms with Crippen LogP contribution in [0.15, 0.2) is 18.6 Å². The van der Waals surface area contributed by atoms with Crippen molar-refractivity contribution >= 4 is 26.6 Å². The lowest BCUT2D eigenvalue weighted by atomic mass is 9.86. The molecule has 0 spiro atoms. The Bertz CT molecular complexity index is 746. The molecule has 3 rings (SSSR count). The molecule has 1 atom stereocenters. The monoisotopic (exact) mass is 321 g/mol. The number of nitrogens with one attached hydrogen (secondary N) is 2. The van der Waals surface area contributed by atoms with Crippen LogP contribution in [0.3, 0.4) is 0 Å². The molecule has 1 aliphatic rings. The number of anilines is 1. The van der Waals surface area contributed by atoms with Crippen molar-refractivity contribution in [1.29, 1.82) is 4.78 Å². The zero-order chi connectivity index (χ0) is 15.7. The van der Waals surface area contributed by atoms with E-state index >= 15 is 0 Å². The average molecular weight is 321 g/mol. The molecule has 1 fully saturated rings. The van der Waals surface area contributed by atoms with Crippen LogP contribution in [0.2, 0.25) is 0 Å². The average Bonchev–Trinajstić information content (AvgIpc) is 2.94. The van der Waals surface area contributed by atoms with Gasteiger partial charge in [0.25, 0.3) is 0 Å². The summed E-state index contributed by atoms with van der Waals surface area (Å²) in [5.41, 5.74) is 0.866. The summed E-state index contributed by atoms with van der Waals surface area (Å²) in [6.07, 6.45) is 9.25. The molecule has 0 saturated heterocycles. The van der Waals surface area contributed by atoms with E-state index in [4.69, 9.17) is 4.78 Å². The maximum Gasteiger partial charge on any atom is 0.142 e. The molecule has 6 nitrogen and oxygen atoms in total. The van der Waals surface area contributed by atoms with Crippen LogP contribution in [0.4, 0.5) is 5.82 Å². The number of hydrogen-bond acceptors (Lipinski definition) is 5. The summed E-state index contributed by atoms with van der Waals surface area (Å²) in [6.45, 7) is 0. The van der Waals surface area contributed by atoms with Gasteiger partial charge in [-0.3, -0.25) is 8.99 Å². The largest absolute Gasteiger partial charge is 0.356 e. The van der Waals surface area contributed by atoms with E-state index in [0.717, 1.165) is 42.5 Å². The van der Waals surface area contributed by atoms with E-state index in [2.05, 4.69) is 26.9 Å². The van der Waals surface area contributed by atoms with E-state index in [0.29, 0.717) is 17.7 Å². The van der Waals surface area contributed by atoms with Gasteiger partial charge in [0, 0.05) is 41.0 Å². The highest BCUT2D eigenvalue weighted by molar-refractivity contribution is 7.91. The van der Waals surface area contributed by atoms with Gasteiger partial charge in [-0.25, -0.2) is 9.97 Å². The molecule has 1 aliphatic carbocycles. The van der Waals surface area contributed by atoms with E-state index < -0.39 is 9.73 Å². The van der Waals surface area contributed by atoms with E-state index in [-0.39, 0.29) is 0 Å². The molecule has 0 bridgehead atoms. The molecule has 0 radical (unpaired) electrons. The highest BCUT2D eigenvalue weighted by Crippen LogP contribution is 2.31. The Labute approximate surface area is 131 Å². The van der Waals surface area contributed by atoms with E-state index in [1.54, 1.807) is 12.6 Å². The second-order valence-corrected chi connectivity index (χ2v) is 8.74. The van der Waals surface area contributed by atoms with Crippen molar-refractivity contribution in [2.75, 3.05) is 24.0 Å². The zero-order valence-corrected chi connectivity index (χ0v) is 13.9. The summed E-state index contributed by atoms with van der Waals surface area (Å²) in [7, 11) is -0.283. The molecule has 0 aliphatic heterocycles. The van der Waals surface area contributed by atoms with Crippen LogP contribution in [0, 0.1) is 10.7 Å². The second kappa shape index (κ2) is 5.87. The lowest BCUT2D eigenvalue weighted by Crippen LogP contribution is -2.36. The Morgan fingerprint density at radius 1 is 1.36 bits per heavy atom. The molecule has 1 saturated carbocycles. The van der Waals surface area contributed by atoms with Crippen molar-refractivity contribution in [1.82, 2.24) is 15.0 Å². The SMILES string of the molecule is CN(c1ncnc2[nH]ccc12)[C@H]1CC[C@H](C[S@@](C)(=N)=O)CC1. The molecule has 2 N–H and O–H groups in total. The van der Waals surface area contributed by atoms with Crippen LogP contribution in [0.5, 0.6) is 0 Å². The van der Waals surface area contributed by atoms with Crippen molar-refractivity contribution in [3.63, 3.8) is 0 Å². The van der Waals surface area contributed by atoms with Gasteiger partial charge in [0.05, 0.1) is 5.39 Å². The fourth-order valence-electron chi connectivity index (χ4n) is 3.46. The predicted molar refractivity (Wildman–Crippen MR) is 89.7 cm³/mol. The molecular weight excluding hydrogens is 298 g/mol. The molecule has 2 aromatic heterocycles. The summed E-state index contributed by atoms with van der Waals surface area (Å²) >= 11 is 0. The van der Waals surface area contributed by atoms with E-state index in [1.165, 1.54) is 0 Å². The van der Waals surface area contributed by atoms with Crippen LogP contribution < -0.4 is 4.90 Å². The fraction of sp³-hybridized carbons (Fsp3) is 0.600. The summed E-state index contributed by atoms with van der Waals surface area (Å²) in [6, 6.07) is 2.46. The maximum atomic E-state index is 11.6. The van der Waals surface area contributed by atoms with Gasteiger partial charge in [-0.1, -0.05) is 0 Å². The van der Waals surface area contributed by atoms with Crippen molar-refractivity contribution in [2.45, 2.75) is 31.7 Å². The Morgan fingerprint density at radius 3 is 2.77 bits per heavy atom. The highest BCUT2D eigenvalue weighted by Gasteiger charge is 2.26. The van der Waals surface area contributed by atoms with Crippen LogP contribution in [-0.4, -0.2) is 44.3 Å². The smallest absolute Gasteiger partial charge is 0.142 e. The first-order valence-electron chi connectivity index (χ1n) is 7.66. The third kappa shape index (κ3) is 3.24. The Balaban J connectivity index is 1.70. The quantitative estimate of drug-likeness (QED) is 0.906. The standard InChI is InChI=1S/C15H23N5OS/c1-20(15-13-7-8-17-14(13)18-10-19-15)12-5-3-11(4-6-12)9-22(2,16)21/h7-8,10-12,16H,3-6,9H2,1-2H3,(H,17,18,19)/t11-,12-,22-/m0/s1. The van der Waals surface area contributed by atoms with Crippen molar-refractivity contribution in [3.8, 4) is 0 Å². The maximum absolute atomic E-state index is 11.6. The molecule has 22 heavy (non-hydrogen) atoms. The van der Waals surface area contributed by atoms with E-state index in [9.17, 15) is 4.21 Å². The molecule has 0 unspecified atom stereocenters. The van der Waals surface area contributed by atoms with Gasteiger partial charge < -0.3 is 9.88 Å². The van der Waals surface area contributed by atoms with Crippen LogP contribution in [-0.2, 0) is 9.73 Å². The minimum Gasteiger partial charge on any atom is -0.356 e. The first-order valence-corrected chi connectivity index (χ1v) is 9.80. The van der Waals surface area contributed by atoms with Crippen LogP contribution in [0.1, 0.15) is 25.7 Å². The predicted octanol–water partition coefficient (Wildman–Crippen LogP) is 2.63.